The highest BCUT2D eigenvalue weighted by molar-refractivity contribution is 7.89. The zero-order valence-corrected chi connectivity index (χ0v) is 19.7. The van der Waals surface area contributed by atoms with Crippen LogP contribution in [0.3, 0.4) is 0 Å². The minimum Gasteiger partial charge on any atom is -0.482 e. The highest BCUT2D eigenvalue weighted by atomic mass is 35.5. The quantitative estimate of drug-likeness (QED) is 0.593. The number of halogens is 1. The van der Waals surface area contributed by atoms with Crippen LogP contribution in [0.15, 0.2) is 47.4 Å². The van der Waals surface area contributed by atoms with Crippen molar-refractivity contribution in [2.45, 2.75) is 38.0 Å². The molecule has 0 amide bonds. The molecule has 0 N–H and O–H groups in total. The topological polar surface area (TPSA) is 84.7 Å². The molecule has 1 aliphatic carbocycles. The first kappa shape index (κ1) is 22.8. The normalized spacial score (nSPS) is 17.9. The molecule has 0 saturated carbocycles. The van der Waals surface area contributed by atoms with E-state index < -0.39 is 15.3 Å². The van der Waals surface area contributed by atoms with Crippen molar-refractivity contribution < 1.29 is 13.2 Å². The molecule has 32 heavy (non-hydrogen) atoms. The van der Waals surface area contributed by atoms with Crippen molar-refractivity contribution in [2.75, 3.05) is 31.1 Å². The number of ether oxygens (including phenoxy) is 1. The molecule has 0 atom stereocenters. The van der Waals surface area contributed by atoms with Gasteiger partial charge in [0, 0.05) is 44.0 Å². The minimum absolute atomic E-state index is 0.112. The number of hydrogen-bond acceptors (Lipinski definition) is 6. The van der Waals surface area contributed by atoms with E-state index in [2.05, 4.69) is 5.10 Å². The Bertz CT molecular complexity index is 1160. The first-order valence-corrected chi connectivity index (χ1v) is 12.6. The van der Waals surface area contributed by atoms with Crippen molar-refractivity contribution >= 4 is 27.3 Å². The third kappa shape index (κ3) is 4.55. The summed E-state index contributed by atoms with van der Waals surface area (Å²) in [5, 5.41) is 4.41. The summed E-state index contributed by atoms with van der Waals surface area (Å²) >= 11 is 6.11. The van der Waals surface area contributed by atoms with Gasteiger partial charge in [-0.05, 0) is 32.0 Å². The number of sulfonamides is 1. The van der Waals surface area contributed by atoms with Crippen LogP contribution >= 0.6 is 11.6 Å². The lowest BCUT2D eigenvalue weighted by atomic mass is 10.2. The average Bonchev–Trinajstić information content (AvgIpc) is 3.28. The maximum Gasteiger partial charge on any atom is 0.316 e. The number of rotatable bonds is 6. The van der Waals surface area contributed by atoms with E-state index in [0.717, 1.165) is 12.8 Å². The number of benzene rings is 1. The Kier molecular flexibility index (Phi) is 6.60. The van der Waals surface area contributed by atoms with Crippen LogP contribution in [0.25, 0.3) is 5.69 Å². The van der Waals surface area contributed by atoms with Crippen molar-refractivity contribution in [1.82, 2.24) is 14.1 Å². The zero-order chi connectivity index (χ0) is 22.9. The standard InChI is InChI=1S/C22H27ClN4O4S/c1-16(2)32(29,30)26-12-10-25(11-13-26)20-15-24-27(18-7-5-6-17(23)14-18)22(28)21(20)31-19-8-3-4-9-19/h3-7,14-16,19H,8-13H2,1-2H3. The maximum atomic E-state index is 13.4. The monoisotopic (exact) mass is 478 g/mol. The van der Waals surface area contributed by atoms with Crippen LogP contribution in [0, 0.1) is 0 Å². The van der Waals surface area contributed by atoms with Gasteiger partial charge in [0.15, 0.2) is 0 Å². The SMILES string of the molecule is CC(C)S(=O)(=O)N1CCN(c2cnn(-c3cccc(Cl)c3)c(=O)c2OC2CC=CC2)CC1. The molecule has 8 nitrogen and oxygen atoms in total. The van der Waals surface area contributed by atoms with Crippen molar-refractivity contribution in [2.24, 2.45) is 0 Å². The van der Waals surface area contributed by atoms with E-state index in [0.29, 0.717) is 42.6 Å². The number of hydrogen-bond donors (Lipinski definition) is 0. The first-order valence-electron chi connectivity index (χ1n) is 10.7. The molecule has 1 aliphatic heterocycles. The van der Waals surface area contributed by atoms with Crippen LogP contribution in [-0.2, 0) is 10.0 Å². The highest BCUT2D eigenvalue weighted by Crippen LogP contribution is 2.29. The summed E-state index contributed by atoms with van der Waals surface area (Å²) in [4.78, 5) is 15.4. The minimum atomic E-state index is -3.32. The van der Waals surface area contributed by atoms with Gasteiger partial charge >= 0.3 is 5.56 Å². The second-order valence-corrected chi connectivity index (χ2v) is 11.1. The van der Waals surface area contributed by atoms with Crippen molar-refractivity contribution in [3.8, 4) is 11.4 Å². The predicted molar refractivity (Wildman–Crippen MR) is 125 cm³/mol. The Balaban J connectivity index is 1.66. The van der Waals surface area contributed by atoms with Gasteiger partial charge in [-0.25, -0.2) is 8.42 Å². The molecule has 0 radical (unpaired) electrons. The van der Waals surface area contributed by atoms with E-state index in [1.54, 1.807) is 44.3 Å². The fourth-order valence-corrected chi connectivity index (χ4v) is 5.35. The highest BCUT2D eigenvalue weighted by Gasteiger charge is 2.31. The molecule has 172 valence electrons. The first-order chi connectivity index (χ1) is 15.3. The van der Waals surface area contributed by atoms with Gasteiger partial charge in [-0.1, -0.05) is 29.8 Å². The summed E-state index contributed by atoms with van der Waals surface area (Å²) in [5.41, 5.74) is 0.770. The van der Waals surface area contributed by atoms with Gasteiger partial charge in [0.2, 0.25) is 15.8 Å². The number of nitrogens with zero attached hydrogens (tertiary/aromatic N) is 4. The molecule has 1 aromatic carbocycles. The Morgan fingerprint density at radius 1 is 1.12 bits per heavy atom. The van der Waals surface area contributed by atoms with E-state index in [9.17, 15) is 13.2 Å². The van der Waals surface area contributed by atoms with Crippen LogP contribution < -0.4 is 15.2 Å². The molecule has 2 heterocycles. The van der Waals surface area contributed by atoms with Crippen molar-refractivity contribution in [3.63, 3.8) is 0 Å². The number of aromatic nitrogens is 2. The molecule has 0 bridgehead atoms. The molecule has 10 heteroatoms. The third-order valence-corrected chi connectivity index (χ3v) is 8.26. The molecule has 1 saturated heterocycles. The van der Waals surface area contributed by atoms with E-state index in [-0.39, 0.29) is 17.4 Å². The molecule has 1 aromatic heterocycles. The van der Waals surface area contributed by atoms with Gasteiger partial charge in [0.1, 0.15) is 11.8 Å². The van der Waals surface area contributed by atoms with E-state index in [4.69, 9.17) is 16.3 Å². The molecular weight excluding hydrogens is 452 g/mol. The molecule has 1 fully saturated rings. The van der Waals surface area contributed by atoms with E-state index >= 15 is 0 Å². The number of piperazine rings is 1. The Labute approximate surface area is 193 Å². The largest absolute Gasteiger partial charge is 0.482 e. The molecular formula is C22H27ClN4O4S. The van der Waals surface area contributed by atoms with Gasteiger partial charge in [0.25, 0.3) is 0 Å². The fourth-order valence-electron chi connectivity index (χ4n) is 3.89. The van der Waals surface area contributed by atoms with E-state index in [1.165, 1.54) is 8.99 Å². The summed E-state index contributed by atoms with van der Waals surface area (Å²) in [6.45, 7) is 4.97. The summed E-state index contributed by atoms with van der Waals surface area (Å²) in [7, 11) is -3.32. The molecule has 2 aliphatic rings. The maximum absolute atomic E-state index is 13.4. The lowest BCUT2D eigenvalue weighted by Gasteiger charge is -2.36. The lowest BCUT2D eigenvalue weighted by Crippen LogP contribution is -2.50. The second-order valence-electron chi connectivity index (χ2n) is 8.22. The van der Waals surface area contributed by atoms with Gasteiger partial charge in [0.05, 0.1) is 17.1 Å². The van der Waals surface area contributed by atoms with Gasteiger partial charge in [-0.15, -0.1) is 0 Å². The predicted octanol–water partition coefficient (Wildman–Crippen LogP) is 2.84. The summed E-state index contributed by atoms with van der Waals surface area (Å²) in [5.74, 6) is 0.230. The Morgan fingerprint density at radius 3 is 2.44 bits per heavy atom. The molecule has 4 rings (SSSR count). The van der Waals surface area contributed by atoms with Gasteiger partial charge < -0.3 is 9.64 Å². The van der Waals surface area contributed by atoms with Gasteiger partial charge in [-0.2, -0.15) is 14.1 Å². The fraction of sp³-hybridized carbons (Fsp3) is 0.455. The van der Waals surface area contributed by atoms with Crippen molar-refractivity contribution in [3.05, 3.63) is 58.0 Å². The zero-order valence-electron chi connectivity index (χ0n) is 18.1. The van der Waals surface area contributed by atoms with Crippen LogP contribution in [-0.4, -0.2) is 60.0 Å². The Morgan fingerprint density at radius 2 is 1.81 bits per heavy atom. The summed E-state index contributed by atoms with van der Waals surface area (Å²) in [6, 6.07) is 6.93. The van der Waals surface area contributed by atoms with Crippen LogP contribution in [0.2, 0.25) is 5.02 Å². The van der Waals surface area contributed by atoms with E-state index in [1.807, 2.05) is 17.1 Å². The molecule has 2 aromatic rings. The lowest BCUT2D eigenvalue weighted by molar-refractivity contribution is 0.212. The van der Waals surface area contributed by atoms with Crippen LogP contribution in [0.5, 0.6) is 5.75 Å². The third-order valence-electron chi connectivity index (χ3n) is 5.75. The smallest absolute Gasteiger partial charge is 0.316 e. The summed E-state index contributed by atoms with van der Waals surface area (Å²) in [6.07, 6.45) is 7.05. The van der Waals surface area contributed by atoms with Crippen molar-refractivity contribution in [1.29, 1.82) is 0 Å². The summed E-state index contributed by atoms with van der Waals surface area (Å²) < 4.78 is 34.0. The number of anilines is 1. The second kappa shape index (κ2) is 9.25. The molecule has 0 spiro atoms. The van der Waals surface area contributed by atoms with Gasteiger partial charge in [-0.3, -0.25) is 4.79 Å². The van der Waals surface area contributed by atoms with Crippen LogP contribution in [0.1, 0.15) is 26.7 Å². The molecule has 0 unspecified atom stereocenters. The average molecular weight is 479 g/mol. The Hall–Kier alpha value is -2.36. The van der Waals surface area contributed by atoms with Crippen LogP contribution in [0.4, 0.5) is 5.69 Å².